The number of carbonyl (C=O) groups excluding carboxylic acids is 1. The predicted molar refractivity (Wildman–Crippen MR) is 101 cm³/mol. The number of aryl methyl sites for hydroxylation is 2. The molecule has 0 bridgehead atoms. The minimum absolute atomic E-state index is 0.116. The zero-order valence-corrected chi connectivity index (χ0v) is 15.5. The molecule has 0 spiro atoms. The molecule has 1 N–H and O–H groups in total. The zero-order valence-electron chi connectivity index (χ0n) is 15.5. The van der Waals surface area contributed by atoms with E-state index in [0.29, 0.717) is 5.56 Å². The van der Waals surface area contributed by atoms with Crippen LogP contribution in [0.1, 0.15) is 38.9 Å². The summed E-state index contributed by atoms with van der Waals surface area (Å²) in [7, 11) is 3.55. The molecule has 0 fully saturated rings. The number of nitrogens with one attached hydrogen (secondary N) is 1. The van der Waals surface area contributed by atoms with E-state index < -0.39 is 0 Å². The number of hydrogen-bond acceptors (Lipinski definition) is 3. The Bertz CT molecular complexity index is 913. The fourth-order valence-electron chi connectivity index (χ4n) is 2.95. The van der Waals surface area contributed by atoms with Crippen molar-refractivity contribution in [3.05, 3.63) is 82.9 Å². The van der Waals surface area contributed by atoms with Crippen molar-refractivity contribution in [1.29, 1.82) is 0 Å². The Hall–Kier alpha value is -3.08. The van der Waals surface area contributed by atoms with Crippen LogP contribution in [0.25, 0.3) is 0 Å². The summed E-state index contributed by atoms with van der Waals surface area (Å²) < 4.78 is 7.15. The predicted octanol–water partition coefficient (Wildman–Crippen LogP) is 3.56. The molecule has 0 radical (unpaired) electrons. The van der Waals surface area contributed by atoms with Gasteiger partial charge >= 0.3 is 0 Å². The molecule has 5 heteroatoms. The molecule has 26 heavy (non-hydrogen) atoms. The zero-order chi connectivity index (χ0) is 18.7. The van der Waals surface area contributed by atoms with Gasteiger partial charge in [0.15, 0.2) is 0 Å². The minimum Gasteiger partial charge on any atom is -0.497 e. The van der Waals surface area contributed by atoms with Crippen LogP contribution in [0.2, 0.25) is 0 Å². The number of carbonyl (C=O) groups is 1. The molecule has 0 unspecified atom stereocenters. The molecule has 1 heterocycles. The van der Waals surface area contributed by atoms with Gasteiger partial charge < -0.3 is 14.6 Å². The summed E-state index contributed by atoms with van der Waals surface area (Å²) in [6, 6.07) is 13.1. The van der Waals surface area contributed by atoms with E-state index in [9.17, 15) is 4.79 Å². The normalized spacial score (nSPS) is 11.8. The molecule has 134 valence electrons. The third-order valence-electron chi connectivity index (χ3n) is 4.69. The van der Waals surface area contributed by atoms with E-state index in [1.54, 1.807) is 13.3 Å². The first-order valence-corrected chi connectivity index (χ1v) is 8.49. The first kappa shape index (κ1) is 17.7. The Kier molecular flexibility index (Phi) is 5.07. The highest BCUT2D eigenvalue weighted by atomic mass is 16.5. The first-order chi connectivity index (χ1) is 12.5. The van der Waals surface area contributed by atoms with Gasteiger partial charge in [-0.2, -0.15) is 0 Å². The lowest BCUT2D eigenvalue weighted by Crippen LogP contribution is -2.31. The minimum atomic E-state index is -0.353. The molecule has 3 rings (SSSR count). The van der Waals surface area contributed by atoms with Gasteiger partial charge in [-0.05, 0) is 48.7 Å². The lowest BCUT2D eigenvalue weighted by molar-refractivity contribution is 0.0940. The topological polar surface area (TPSA) is 56.1 Å². The maximum absolute atomic E-state index is 13.0. The number of hydrogen-bond donors (Lipinski definition) is 1. The average Bonchev–Trinajstić information content (AvgIpc) is 3.07. The Morgan fingerprint density at radius 3 is 2.50 bits per heavy atom. The van der Waals surface area contributed by atoms with Crippen LogP contribution in [0, 0.1) is 13.8 Å². The van der Waals surface area contributed by atoms with Crippen molar-refractivity contribution in [2.24, 2.45) is 7.05 Å². The van der Waals surface area contributed by atoms with Gasteiger partial charge in [-0.15, -0.1) is 0 Å². The summed E-state index contributed by atoms with van der Waals surface area (Å²) in [6.45, 7) is 3.97. The van der Waals surface area contributed by atoms with Crippen molar-refractivity contribution in [2.45, 2.75) is 19.9 Å². The summed E-state index contributed by atoms with van der Waals surface area (Å²) in [5.41, 5.74) is 3.70. The van der Waals surface area contributed by atoms with Crippen LogP contribution >= 0.6 is 0 Å². The van der Waals surface area contributed by atoms with Crippen LogP contribution in [-0.2, 0) is 7.05 Å². The van der Waals surface area contributed by atoms with Gasteiger partial charge in [-0.1, -0.05) is 24.3 Å². The number of benzene rings is 2. The van der Waals surface area contributed by atoms with E-state index >= 15 is 0 Å². The van der Waals surface area contributed by atoms with Crippen molar-refractivity contribution in [2.75, 3.05) is 7.11 Å². The van der Waals surface area contributed by atoms with Crippen molar-refractivity contribution in [1.82, 2.24) is 14.9 Å². The third-order valence-corrected chi connectivity index (χ3v) is 4.69. The molecular formula is C21H23N3O2. The molecule has 0 saturated carbocycles. The number of nitrogens with zero attached hydrogens (tertiary/aromatic N) is 2. The number of ether oxygens (including phenoxy) is 1. The Morgan fingerprint density at radius 1 is 1.15 bits per heavy atom. The van der Waals surface area contributed by atoms with Crippen LogP contribution in [-0.4, -0.2) is 22.6 Å². The Morgan fingerprint density at radius 2 is 1.88 bits per heavy atom. The van der Waals surface area contributed by atoms with E-state index in [1.807, 2.05) is 74.1 Å². The smallest absolute Gasteiger partial charge is 0.252 e. The quantitative estimate of drug-likeness (QED) is 0.766. The SMILES string of the molecule is COc1ccc([C@@H](NC(=O)c2cccc(C)c2C)c2nccn2C)cc1. The number of amides is 1. The molecule has 1 amide bonds. The lowest BCUT2D eigenvalue weighted by atomic mass is 10.0. The van der Waals surface area contributed by atoms with Crippen LogP contribution in [0.15, 0.2) is 54.9 Å². The molecule has 0 aliphatic rings. The maximum Gasteiger partial charge on any atom is 0.252 e. The van der Waals surface area contributed by atoms with Crippen LogP contribution in [0.5, 0.6) is 5.75 Å². The Labute approximate surface area is 153 Å². The van der Waals surface area contributed by atoms with Gasteiger partial charge in [-0.25, -0.2) is 4.98 Å². The second-order valence-corrected chi connectivity index (χ2v) is 6.32. The average molecular weight is 349 g/mol. The highest BCUT2D eigenvalue weighted by molar-refractivity contribution is 5.96. The van der Waals surface area contributed by atoms with Crippen LogP contribution in [0.3, 0.4) is 0 Å². The standard InChI is InChI=1S/C21H23N3O2/c1-14-6-5-7-18(15(14)2)21(25)23-19(20-22-12-13-24(20)3)16-8-10-17(26-4)11-9-16/h5-13,19H,1-4H3,(H,23,25)/t19-/m1/s1. The first-order valence-electron chi connectivity index (χ1n) is 8.49. The summed E-state index contributed by atoms with van der Waals surface area (Å²) in [5.74, 6) is 1.43. The Balaban J connectivity index is 1.97. The van der Waals surface area contributed by atoms with Crippen molar-refractivity contribution >= 4 is 5.91 Å². The molecule has 0 aliphatic carbocycles. The van der Waals surface area contributed by atoms with Gasteiger partial charge in [0.05, 0.1) is 7.11 Å². The fraction of sp³-hybridized carbons (Fsp3) is 0.238. The highest BCUT2D eigenvalue weighted by Gasteiger charge is 2.22. The van der Waals surface area contributed by atoms with Gasteiger partial charge in [0.25, 0.3) is 5.91 Å². The third kappa shape index (κ3) is 3.47. The van der Waals surface area contributed by atoms with Gasteiger partial charge in [0.1, 0.15) is 17.6 Å². The van der Waals surface area contributed by atoms with Gasteiger partial charge in [-0.3, -0.25) is 4.79 Å². The van der Waals surface area contributed by atoms with Crippen molar-refractivity contribution in [3.63, 3.8) is 0 Å². The highest BCUT2D eigenvalue weighted by Crippen LogP contribution is 2.24. The van der Waals surface area contributed by atoms with E-state index in [2.05, 4.69) is 10.3 Å². The molecule has 0 aliphatic heterocycles. The molecule has 2 aromatic carbocycles. The summed E-state index contributed by atoms with van der Waals surface area (Å²) in [6.07, 6.45) is 3.60. The fourth-order valence-corrected chi connectivity index (χ4v) is 2.95. The van der Waals surface area contributed by atoms with Crippen LogP contribution < -0.4 is 10.1 Å². The van der Waals surface area contributed by atoms with Crippen LogP contribution in [0.4, 0.5) is 0 Å². The lowest BCUT2D eigenvalue weighted by Gasteiger charge is -2.20. The van der Waals surface area contributed by atoms with Gasteiger partial charge in [0.2, 0.25) is 0 Å². The number of rotatable bonds is 5. The monoisotopic (exact) mass is 349 g/mol. The van der Waals surface area contributed by atoms with Crippen molar-refractivity contribution in [3.8, 4) is 5.75 Å². The van der Waals surface area contributed by atoms with E-state index in [0.717, 1.165) is 28.3 Å². The molecule has 1 atom stereocenters. The molecular weight excluding hydrogens is 326 g/mol. The van der Waals surface area contributed by atoms with E-state index in [4.69, 9.17) is 4.74 Å². The van der Waals surface area contributed by atoms with E-state index in [1.165, 1.54) is 0 Å². The molecule has 1 aromatic heterocycles. The second-order valence-electron chi connectivity index (χ2n) is 6.32. The number of aromatic nitrogens is 2. The molecule has 0 saturated heterocycles. The summed E-state index contributed by atoms with van der Waals surface area (Å²) in [5, 5.41) is 3.14. The number of methoxy groups -OCH3 is 1. The van der Waals surface area contributed by atoms with Gasteiger partial charge in [0, 0.05) is 25.0 Å². The molecule has 5 nitrogen and oxygen atoms in total. The van der Waals surface area contributed by atoms with E-state index in [-0.39, 0.29) is 11.9 Å². The summed E-state index contributed by atoms with van der Waals surface area (Å²) >= 11 is 0. The largest absolute Gasteiger partial charge is 0.497 e. The second kappa shape index (κ2) is 7.44. The van der Waals surface area contributed by atoms with Crippen molar-refractivity contribution < 1.29 is 9.53 Å². The summed E-state index contributed by atoms with van der Waals surface area (Å²) in [4.78, 5) is 17.4. The number of imidazole rings is 1. The maximum atomic E-state index is 13.0. The molecule has 3 aromatic rings.